The summed E-state index contributed by atoms with van der Waals surface area (Å²) in [7, 11) is 0. The Hall–Kier alpha value is -0.890. The normalized spacial score (nSPS) is 14.5. The van der Waals surface area contributed by atoms with Crippen LogP contribution in [-0.4, -0.2) is 48.7 Å². The van der Waals surface area contributed by atoms with Gasteiger partial charge in [-0.2, -0.15) is 0 Å². The van der Waals surface area contributed by atoms with Crippen molar-refractivity contribution in [1.82, 2.24) is 10.6 Å². The Labute approximate surface area is 134 Å². The molecule has 2 atom stereocenters. The molecule has 0 saturated carbocycles. The Morgan fingerprint density at radius 2 is 1.95 bits per heavy atom. The molecule has 2 unspecified atom stereocenters. The molecule has 1 amide bonds. The molecule has 0 aliphatic rings. The van der Waals surface area contributed by atoms with Crippen molar-refractivity contribution >= 4 is 6.09 Å². The van der Waals surface area contributed by atoms with Crippen LogP contribution >= 0.6 is 0 Å². The summed E-state index contributed by atoms with van der Waals surface area (Å²) in [5.74, 6) is 0. The summed E-state index contributed by atoms with van der Waals surface area (Å²) in [5, 5.41) is 14.6. The number of hydrogen-bond acceptors (Lipinski definition) is 6. The smallest absolute Gasteiger partial charge is 0.407 e. The molecule has 0 aliphatic carbocycles. The molecule has 0 aliphatic heterocycles. The number of hydrogen-bond donors (Lipinski definition) is 5. The van der Waals surface area contributed by atoms with Crippen LogP contribution in [0.3, 0.4) is 0 Å². The maximum absolute atomic E-state index is 11.4. The van der Waals surface area contributed by atoms with Gasteiger partial charge >= 0.3 is 6.09 Å². The Morgan fingerprint density at radius 3 is 2.50 bits per heavy atom. The minimum atomic E-state index is -0.468. The fourth-order valence-electron chi connectivity index (χ4n) is 2.15. The van der Waals surface area contributed by atoms with Crippen LogP contribution in [0, 0.1) is 0 Å². The van der Waals surface area contributed by atoms with Gasteiger partial charge in [0, 0.05) is 18.6 Å². The zero-order valence-corrected chi connectivity index (χ0v) is 14.2. The molecule has 22 heavy (non-hydrogen) atoms. The second-order valence-electron chi connectivity index (χ2n) is 6.56. The van der Waals surface area contributed by atoms with Crippen LogP contribution in [-0.2, 0) is 4.74 Å². The number of ether oxygens (including phenoxy) is 1. The van der Waals surface area contributed by atoms with Crippen molar-refractivity contribution in [3.05, 3.63) is 0 Å². The highest BCUT2D eigenvalue weighted by atomic mass is 16.6. The second kappa shape index (κ2) is 11.6. The van der Waals surface area contributed by atoms with Gasteiger partial charge in [-0.25, -0.2) is 4.79 Å². The first-order chi connectivity index (χ1) is 10.3. The van der Waals surface area contributed by atoms with E-state index in [2.05, 4.69) is 10.6 Å². The number of nitrogens with one attached hydrogen (secondary N) is 2. The molecular formula is C15H34N4O3. The third kappa shape index (κ3) is 12.8. The van der Waals surface area contributed by atoms with Crippen molar-refractivity contribution in [2.45, 2.75) is 70.6 Å². The van der Waals surface area contributed by atoms with E-state index in [0.717, 1.165) is 32.1 Å². The monoisotopic (exact) mass is 318 g/mol. The Morgan fingerprint density at radius 1 is 1.27 bits per heavy atom. The highest BCUT2D eigenvalue weighted by Gasteiger charge is 2.15. The summed E-state index contributed by atoms with van der Waals surface area (Å²) < 4.78 is 5.15. The molecule has 0 bridgehead atoms. The van der Waals surface area contributed by atoms with Crippen LogP contribution in [0.2, 0.25) is 0 Å². The zero-order valence-electron chi connectivity index (χ0n) is 14.2. The van der Waals surface area contributed by atoms with Gasteiger partial charge in [0.25, 0.3) is 0 Å². The maximum Gasteiger partial charge on any atom is 0.407 e. The minimum absolute atomic E-state index is 0.0583. The quantitative estimate of drug-likeness (QED) is 0.282. The van der Waals surface area contributed by atoms with Gasteiger partial charge in [0.15, 0.2) is 0 Å². The predicted octanol–water partition coefficient (Wildman–Crippen LogP) is 0.656. The summed E-state index contributed by atoms with van der Waals surface area (Å²) in [6.07, 6.45) is 3.88. The van der Waals surface area contributed by atoms with Crippen LogP contribution in [0.15, 0.2) is 0 Å². The van der Waals surface area contributed by atoms with Crippen molar-refractivity contribution in [2.24, 2.45) is 11.5 Å². The van der Waals surface area contributed by atoms with E-state index in [1.165, 1.54) is 0 Å². The first-order valence-corrected chi connectivity index (χ1v) is 8.05. The topological polar surface area (TPSA) is 123 Å². The molecule has 132 valence electrons. The van der Waals surface area contributed by atoms with Crippen LogP contribution in [0.5, 0.6) is 0 Å². The summed E-state index contributed by atoms with van der Waals surface area (Å²) in [4.78, 5) is 11.4. The van der Waals surface area contributed by atoms with Gasteiger partial charge in [-0.15, -0.1) is 0 Å². The SMILES string of the molecule is CC(C)(C)OC(=O)NCCCCC(N)CC(CCN)NCO. The number of amides is 1. The van der Waals surface area contributed by atoms with Crippen molar-refractivity contribution in [1.29, 1.82) is 0 Å². The lowest BCUT2D eigenvalue weighted by atomic mass is 10.0. The van der Waals surface area contributed by atoms with E-state index < -0.39 is 5.60 Å². The molecule has 0 fully saturated rings. The molecule has 7 heteroatoms. The highest BCUT2D eigenvalue weighted by molar-refractivity contribution is 5.67. The van der Waals surface area contributed by atoms with Gasteiger partial charge in [-0.1, -0.05) is 6.42 Å². The fraction of sp³-hybridized carbons (Fsp3) is 0.933. The lowest BCUT2D eigenvalue weighted by Crippen LogP contribution is -2.37. The molecule has 0 aromatic heterocycles. The minimum Gasteiger partial charge on any atom is -0.444 e. The van der Waals surface area contributed by atoms with Crippen LogP contribution in [0.25, 0.3) is 0 Å². The first-order valence-electron chi connectivity index (χ1n) is 8.05. The Balaban J connectivity index is 3.71. The number of rotatable bonds is 11. The lowest BCUT2D eigenvalue weighted by molar-refractivity contribution is 0.0527. The molecule has 0 spiro atoms. The molecule has 0 aromatic rings. The van der Waals surface area contributed by atoms with E-state index in [1.54, 1.807) is 0 Å². The molecule has 0 rings (SSSR count). The van der Waals surface area contributed by atoms with Gasteiger partial charge in [0.2, 0.25) is 0 Å². The van der Waals surface area contributed by atoms with E-state index in [4.69, 9.17) is 21.3 Å². The fourth-order valence-corrected chi connectivity index (χ4v) is 2.15. The molecule has 0 radical (unpaired) electrons. The Kier molecular flexibility index (Phi) is 11.2. The van der Waals surface area contributed by atoms with Crippen molar-refractivity contribution < 1.29 is 14.6 Å². The molecule has 7 N–H and O–H groups in total. The largest absolute Gasteiger partial charge is 0.444 e. The summed E-state index contributed by atoms with van der Waals surface area (Å²) in [6.45, 7) is 6.61. The number of unbranched alkanes of at least 4 members (excludes halogenated alkanes) is 1. The van der Waals surface area contributed by atoms with E-state index in [-0.39, 0.29) is 24.9 Å². The standard InChI is InChI=1S/C15H34N4O3/c1-15(2,3)22-14(21)18-9-5-4-6-12(17)10-13(7-8-16)19-11-20/h12-13,19-20H,4-11,16-17H2,1-3H3,(H,18,21). The van der Waals surface area contributed by atoms with Crippen molar-refractivity contribution in [2.75, 3.05) is 19.8 Å². The van der Waals surface area contributed by atoms with Gasteiger partial charge in [-0.05, 0) is 53.0 Å². The van der Waals surface area contributed by atoms with E-state index in [0.29, 0.717) is 13.1 Å². The van der Waals surface area contributed by atoms with Crippen molar-refractivity contribution in [3.8, 4) is 0 Å². The number of alkyl carbamates (subject to hydrolysis) is 1. The Bertz CT molecular complexity index is 289. The van der Waals surface area contributed by atoms with Crippen LogP contribution in [0.1, 0.15) is 52.9 Å². The number of aliphatic hydroxyl groups is 1. The third-order valence-electron chi connectivity index (χ3n) is 3.15. The average Bonchev–Trinajstić information content (AvgIpc) is 2.36. The van der Waals surface area contributed by atoms with Crippen LogP contribution in [0.4, 0.5) is 4.79 Å². The van der Waals surface area contributed by atoms with Gasteiger partial charge in [-0.3, -0.25) is 5.32 Å². The second-order valence-corrected chi connectivity index (χ2v) is 6.56. The molecule has 7 nitrogen and oxygen atoms in total. The maximum atomic E-state index is 11.4. The molecule has 0 heterocycles. The third-order valence-corrected chi connectivity index (χ3v) is 3.15. The summed E-state index contributed by atoms with van der Waals surface area (Å²) in [5.41, 5.74) is 11.2. The summed E-state index contributed by atoms with van der Waals surface area (Å²) >= 11 is 0. The van der Waals surface area contributed by atoms with Crippen molar-refractivity contribution in [3.63, 3.8) is 0 Å². The zero-order chi connectivity index (χ0) is 17.0. The van der Waals surface area contributed by atoms with Gasteiger partial charge in [0.05, 0.1) is 6.73 Å². The predicted molar refractivity (Wildman–Crippen MR) is 88.4 cm³/mol. The van der Waals surface area contributed by atoms with Crippen LogP contribution < -0.4 is 22.1 Å². The molecule has 0 saturated heterocycles. The van der Waals surface area contributed by atoms with E-state index >= 15 is 0 Å². The first kappa shape index (κ1) is 21.1. The van der Waals surface area contributed by atoms with E-state index in [9.17, 15) is 4.79 Å². The molecule has 0 aromatic carbocycles. The summed E-state index contributed by atoms with van der Waals surface area (Å²) in [6, 6.07) is 0.224. The average molecular weight is 318 g/mol. The van der Waals surface area contributed by atoms with Gasteiger partial charge < -0.3 is 26.6 Å². The highest BCUT2D eigenvalue weighted by Crippen LogP contribution is 2.08. The van der Waals surface area contributed by atoms with Gasteiger partial charge in [0.1, 0.15) is 5.60 Å². The molecular weight excluding hydrogens is 284 g/mol. The number of carbonyl (C=O) groups is 1. The number of carbonyl (C=O) groups excluding carboxylic acids is 1. The number of nitrogens with two attached hydrogens (primary N) is 2. The number of aliphatic hydroxyl groups excluding tert-OH is 1. The lowest BCUT2D eigenvalue weighted by Gasteiger charge is -2.21. The van der Waals surface area contributed by atoms with E-state index in [1.807, 2.05) is 20.8 Å².